The van der Waals surface area contributed by atoms with E-state index >= 15 is 0 Å². The maximum absolute atomic E-state index is 9.15. The van der Waals surface area contributed by atoms with Gasteiger partial charge in [0.1, 0.15) is 0 Å². The van der Waals surface area contributed by atoms with Gasteiger partial charge in [0.2, 0.25) is 0 Å². The summed E-state index contributed by atoms with van der Waals surface area (Å²) in [6.07, 6.45) is 1.62. The van der Waals surface area contributed by atoms with Crippen LogP contribution in [0.1, 0.15) is 26.7 Å². The van der Waals surface area contributed by atoms with Gasteiger partial charge < -0.3 is 5.11 Å². The summed E-state index contributed by atoms with van der Waals surface area (Å²) in [6.45, 7) is 5.41. The molecule has 74 valence electrons. The van der Waals surface area contributed by atoms with E-state index in [1.165, 1.54) is 0 Å². The molecule has 1 fully saturated rings. The average molecular weight is 182 g/mol. The number of hydrogen-bond acceptors (Lipinski definition) is 3. The monoisotopic (exact) mass is 182 g/mol. The minimum atomic E-state index is 0.222. The van der Waals surface area contributed by atoms with Crippen molar-refractivity contribution in [3.8, 4) is 6.07 Å². The second-order valence-electron chi connectivity index (χ2n) is 3.94. The van der Waals surface area contributed by atoms with Crippen LogP contribution in [0.2, 0.25) is 0 Å². The van der Waals surface area contributed by atoms with E-state index in [4.69, 9.17) is 10.4 Å². The van der Waals surface area contributed by atoms with Crippen molar-refractivity contribution in [2.75, 3.05) is 13.2 Å². The zero-order valence-electron chi connectivity index (χ0n) is 8.40. The topological polar surface area (TPSA) is 47.3 Å². The van der Waals surface area contributed by atoms with Crippen molar-refractivity contribution in [3.05, 3.63) is 0 Å². The summed E-state index contributed by atoms with van der Waals surface area (Å²) in [5.41, 5.74) is 0. The highest BCUT2D eigenvalue weighted by Gasteiger charge is 2.34. The predicted molar refractivity (Wildman–Crippen MR) is 51.1 cm³/mol. The van der Waals surface area contributed by atoms with Crippen LogP contribution >= 0.6 is 0 Å². The lowest BCUT2D eigenvalue weighted by atomic mass is 10.0. The van der Waals surface area contributed by atoms with Crippen molar-refractivity contribution >= 4 is 0 Å². The van der Waals surface area contributed by atoms with Crippen LogP contribution in [0.25, 0.3) is 0 Å². The van der Waals surface area contributed by atoms with Gasteiger partial charge in [-0.2, -0.15) is 5.26 Å². The number of nitriles is 1. The molecule has 0 unspecified atom stereocenters. The van der Waals surface area contributed by atoms with E-state index in [2.05, 4.69) is 24.8 Å². The number of nitrogens with zero attached hydrogens (tertiary/aromatic N) is 2. The third-order valence-corrected chi connectivity index (χ3v) is 3.15. The highest BCUT2D eigenvalue weighted by Crippen LogP contribution is 2.28. The molecule has 1 rings (SSSR count). The molecule has 0 bridgehead atoms. The molecule has 3 atom stereocenters. The molecule has 1 aliphatic heterocycles. The van der Waals surface area contributed by atoms with E-state index in [9.17, 15) is 0 Å². The van der Waals surface area contributed by atoms with Crippen LogP contribution in [0, 0.1) is 17.2 Å². The molecule has 0 aromatic rings. The van der Waals surface area contributed by atoms with Crippen molar-refractivity contribution in [2.45, 2.75) is 38.8 Å². The molecule has 1 N–H and O–H groups in total. The van der Waals surface area contributed by atoms with Gasteiger partial charge in [-0.05, 0) is 19.3 Å². The number of aliphatic hydroxyl groups excluding tert-OH is 1. The maximum atomic E-state index is 9.15. The van der Waals surface area contributed by atoms with Gasteiger partial charge >= 0.3 is 0 Å². The van der Waals surface area contributed by atoms with Gasteiger partial charge in [-0.25, -0.2) is 0 Å². The number of aliphatic hydroxyl groups is 1. The number of hydrogen-bond donors (Lipinski definition) is 1. The lowest BCUT2D eigenvalue weighted by molar-refractivity contribution is 0.134. The summed E-state index contributed by atoms with van der Waals surface area (Å²) in [5, 5.41) is 17.6. The molecule has 0 spiro atoms. The van der Waals surface area contributed by atoms with Gasteiger partial charge in [-0.15, -0.1) is 0 Å². The van der Waals surface area contributed by atoms with Gasteiger partial charge in [-0.3, -0.25) is 4.90 Å². The van der Waals surface area contributed by atoms with E-state index in [1.807, 2.05) is 0 Å². The molecule has 0 saturated carbocycles. The summed E-state index contributed by atoms with van der Waals surface area (Å²) in [6, 6.07) is 2.93. The molecule has 0 aliphatic carbocycles. The molecule has 0 amide bonds. The minimum absolute atomic E-state index is 0.222. The third-order valence-electron chi connectivity index (χ3n) is 3.15. The fraction of sp³-hybridized carbons (Fsp3) is 0.900. The fourth-order valence-corrected chi connectivity index (χ4v) is 2.17. The number of rotatable bonds is 3. The Balaban J connectivity index is 2.53. The van der Waals surface area contributed by atoms with Crippen molar-refractivity contribution < 1.29 is 5.11 Å². The lowest BCUT2D eigenvalue weighted by Gasteiger charge is -2.26. The normalized spacial score (nSPS) is 34.8. The quantitative estimate of drug-likeness (QED) is 0.708. The second kappa shape index (κ2) is 4.59. The predicted octanol–water partition coefficient (Wildman–Crippen LogP) is 0.991. The van der Waals surface area contributed by atoms with E-state index in [1.54, 1.807) is 0 Å². The molecule has 1 aliphatic rings. The van der Waals surface area contributed by atoms with Crippen molar-refractivity contribution in [2.24, 2.45) is 5.92 Å². The first-order valence-corrected chi connectivity index (χ1v) is 4.94. The molecule has 0 aromatic carbocycles. The standard InChI is InChI=1S/C10H18N2O/c1-8-6-10(7-13)12(9(8)2)5-3-4-11/h8-10,13H,3,5-7H2,1-2H3/t8-,9-,10+/m1/s1. The Morgan fingerprint density at radius 3 is 2.77 bits per heavy atom. The van der Waals surface area contributed by atoms with Gasteiger partial charge in [0.15, 0.2) is 0 Å². The molecule has 3 heteroatoms. The van der Waals surface area contributed by atoms with Crippen LogP contribution in [0.15, 0.2) is 0 Å². The highest BCUT2D eigenvalue weighted by molar-refractivity contribution is 4.90. The van der Waals surface area contributed by atoms with Crippen LogP contribution in [-0.4, -0.2) is 35.2 Å². The molecule has 3 nitrogen and oxygen atoms in total. The molecular weight excluding hydrogens is 164 g/mol. The zero-order valence-corrected chi connectivity index (χ0v) is 8.40. The third kappa shape index (κ3) is 2.20. The first-order valence-electron chi connectivity index (χ1n) is 4.94. The first-order chi connectivity index (χ1) is 6.20. The average Bonchev–Trinajstić information content (AvgIpc) is 2.40. The van der Waals surface area contributed by atoms with Crippen LogP contribution in [-0.2, 0) is 0 Å². The summed E-state index contributed by atoms with van der Waals surface area (Å²) < 4.78 is 0. The molecule has 13 heavy (non-hydrogen) atoms. The van der Waals surface area contributed by atoms with Crippen LogP contribution in [0.4, 0.5) is 0 Å². The summed E-state index contributed by atoms with van der Waals surface area (Å²) in [7, 11) is 0. The molecule has 1 heterocycles. The van der Waals surface area contributed by atoms with Crippen molar-refractivity contribution in [1.29, 1.82) is 5.26 Å². The molecule has 1 saturated heterocycles. The van der Waals surface area contributed by atoms with Crippen molar-refractivity contribution in [3.63, 3.8) is 0 Å². The first kappa shape index (κ1) is 10.5. The Morgan fingerprint density at radius 2 is 2.23 bits per heavy atom. The SMILES string of the molecule is C[C@@H]1C[C@@H](CO)N(CCC#N)[C@@H]1C. The van der Waals surface area contributed by atoms with E-state index < -0.39 is 0 Å². The van der Waals surface area contributed by atoms with Gasteiger partial charge in [0.05, 0.1) is 12.7 Å². The fourth-order valence-electron chi connectivity index (χ4n) is 2.17. The van der Waals surface area contributed by atoms with E-state index in [-0.39, 0.29) is 12.6 Å². The van der Waals surface area contributed by atoms with Crippen molar-refractivity contribution in [1.82, 2.24) is 4.90 Å². The Bertz CT molecular complexity index is 200. The minimum Gasteiger partial charge on any atom is -0.395 e. The molecule has 0 radical (unpaired) electrons. The largest absolute Gasteiger partial charge is 0.395 e. The lowest BCUT2D eigenvalue weighted by Crippen LogP contribution is -2.38. The highest BCUT2D eigenvalue weighted by atomic mass is 16.3. The zero-order chi connectivity index (χ0) is 9.84. The van der Waals surface area contributed by atoms with Gasteiger partial charge in [-0.1, -0.05) is 6.92 Å². The van der Waals surface area contributed by atoms with Gasteiger partial charge in [0, 0.05) is 25.0 Å². The second-order valence-corrected chi connectivity index (χ2v) is 3.94. The smallest absolute Gasteiger partial charge is 0.0635 e. The maximum Gasteiger partial charge on any atom is 0.0635 e. The van der Waals surface area contributed by atoms with Gasteiger partial charge in [0.25, 0.3) is 0 Å². The molecule has 0 aromatic heterocycles. The Labute approximate surface area is 80.0 Å². The summed E-state index contributed by atoms with van der Waals surface area (Å²) in [5.74, 6) is 0.635. The van der Waals surface area contributed by atoms with Crippen LogP contribution in [0.3, 0.4) is 0 Å². The van der Waals surface area contributed by atoms with E-state index in [0.717, 1.165) is 13.0 Å². The summed E-state index contributed by atoms with van der Waals surface area (Å²) in [4.78, 5) is 2.26. The molecular formula is C10H18N2O. The number of likely N-dealkylation sites (tertiary alicyclic amines) is 1. The Kier molecular flexibility index (Phi) is 3.71. The summed E-state index contributed by atoms with van der Waals surface area (Å²) >= 11 is 0. The van der Waals surface area contributed by atoms with Crippen LogP contribution < -0.4 is 0 Å². The Hall–Kier alpha value is -0.590. The van der Waals surface area contributed by atoms with Crippen LogP contribution in [0.5, 0.6) is 0 Å². The Morgan fingerprint density at radius 1 is 1.54 bits per heavy atom. The van der Waals surface area contributed by atoms with E-state index in [0.29, 0.717) is 18.4 Å².